The highest BCUT2D eigenvalue weighted by molar-refractivity contribution is 6.40. The van der Waals surface area contributed by atoms with Crippen LogP contribution in [-0.2, 0) is 4.84 Å². The first-order valence-corrected chi connectivity index (χ1v) is 6.65. The number of halogens is 3. The summed E-state index contributed by atoms with van der Waals surface area (Å²) in [4.78, 5) is 12.4. The van der Waals surface area contributed by atoms with Crippen molar-refractivity contribution in [2.24, 2.45) is 5.16 Å². The molecule has 0 unspecified atom stereocenters. The SMILES string of the molecule is CO/N=C\c1c(N)ncnc1Oc1c(Cl)cc(Cl)cc1Cl. The summed E-state index contributed by atoms with van der Waals surface area (Å²) in [5, 5.41) is 4.47. The molecule has 110 valence electrons. The van der Waals surface area contributed by atoms with Crippen molar-refractivity contribution in [3.8, 4) is 11.6 Å². The molecule has 0 spiro atoms. The average Bonchev–Trinajstić information content (AvgIpc) is 2.42. The lowest BCUT2D eigenvalue weighted by atomic mass is 10.3. The molecule has 0 saturated carbocycles. The van der Waals surface area contributed by atoms with Gasteiger partial charge < -0.3 is 15.3 Å². The Balaban J connectivity index is 2.45. The van der Waals surface area contributed by atoms with Crippen molar-refractivity contribution < 1.29 is 9.57 Å². The lowest BCUT2D eigenvalue weighted by molar-refractivity contribution is 0.215. The lowest BCUT2D eigenvalue weighted by Gasteiger charge is -2.11. The number of nitrogen functional groups attached to an aromatic ring is 1. The predicted octanol–water partition coefficient (Wildman–Crippen LogP) is 3.79. The maximum atomic E-state index is 6.05. The van der Waals surface area contributed by atoms with Gasteiger partial charge in [-0.3, -0.25) is 0 Å². The van der Waals surface area contributed by atoms with Crippen molar-refractivity contribution in [2.75, 3.05) is 12.8 Å². The third-order valence-corrected chi connectivity index (χ3v) is 3.11. The molecule has 0 aliphatic carbocycles. The number of nitrogens with zero attached hydrogens (tertiary/aromatic N) is 3. The average molecular weight is 348 g/mol. The monoisotopic (exact) mass is 346 g/mol. The van der Waals surface area contributed by atoms with E-state index in [1.165, 1.54) is 31.8 Å². The molecule has 2 rings (SSSR count). The van der Waals surface area contributed by atoms with Crippen LogP contribution in [0.2, 0.25) is 15.1 Å². The van der Waals surface area contributed by atoms with E-state index in [2.05, 4.69) is 20.0 Å². The Hall–Kier alpha value is -1.76. The van der Waals surface area contributed by atoms with Crippen LogP contribution in [0.3, 0.4) is 0 Å². The molecule has 0 atom stereocenters. The number of anilines is 1. The van der Waals surface area contributed by atoms with E-state index in [1.807, 2.05) is 0 Å². The van der Waals surface area contributed by atoms with Gasteiger partial charge in [0.25, 0.3) is 0 Å². The Morgan fingerprint density at radius 3 is 2.48 bits per heavy atom. The molecule has 1 aromatic heterocycles. The highest BCUT2D eigenvalue weighted by atomic mass is 35.5. The van der Waals surface area contributed by atoms with Gasteiger partial charge in [-0.15, -0.1) is 0 Å². The molecule has 1 heterocycles. The molecule has 1 aromatic carbocycles. The van der Waals surface area contributed by atoms with Crippen molar-refractivity contribution in [3.63, 3.8) is 0 Å². The fourth-order valence-corrected chi connectivity index (χ4v) is 2.32. The Labute approximate surface area is 135 Å². The van der Waals surface area contributed by atoms with Crippen molar-refractivity contribution >= 4 is 46.8 Å². The number of hydrogen-bond acceptors (Lipinski definition) is 6. The van der Waals surface area contributed by atoms with Crippen LogP contribution in [0.5, 0.6) is 11.6 Å². The Kier molecular flexibility index (Phi) is 5.06. The second kappa shape index (κ2) is 6.80. The standard InChI is InChI=1S/C12H9Cl3N4O2/c1-20-19-4-7-11(16)17-5-18-12(7)21-10-8(14)2-6(13)3-9(10)15/h2-5H,1H3,(H2,16,17,18)/b19-4-. The van der Waals surface area contributed by atoms with Crippen molar-refractivity contribution in [1.82, 2.24) is 9.97 Å². The molecule has 2 N–H and O–H groups in total. The third-order valence-electron chi connectivity index (χ3n) is 2.33. The van der Waals surface area contributed by atoms with Gasteiger partial charge in [-0.2, -0.15) is 0 Å². The van der Waals surface area contributed by atoms with E-state index in [0.29, 0.717) is 10.6 Å². The van der Waals surface area contributed by atoms with Crippen LogP contribution in [0.4, 0.5) is 5.82 Å². The first-order chi connectivity index (χ1) is 10.0. The molecular formula is C12H9Cl3N4O2. The van der Waals surface area contributed by atoms with Gasteiger partial charge in [-0.05, 0) is 12.1 Å². The van der Waals surface area contributed by atoms with Crippen LogP contribution in [0.15, 0.2) is 23.6 Å². The topological polar surface area (TPSA) is 82.6 Å². The molecule has 0 saturated heterocycles. The normalized spacial score (nSPS) is 10.9. The molecule has 0 aliphatic rings. The maximum absolute atomic E-state index is 6.05. The van der Waals surface area contributed by atoms with Crippen molar-refractivity contribution in [1.29, 1.82) is 0 Å². The summed E-state index contributed by atoms with van der Waals surface area (Å²) < 4.78 is 5.60. The minimum atomic E-state index is 0.134. The quantitative estimate of drug-likeness (QED) is 0.672. The molecular weight excluding hydrogens is 339 g/mol. The number of rotatable bonds is 4. The molecule has 0 aliphatic heterocycles. The molecule has 2 aromatic rings. The minimum absolute atomic E-state index is 0.134. The second-order valence-electron chi connectivity index (χ2n) is 3.70. The van der Waals surface area contributed by atoms with Crippen molar-refractivity contribution in [3.05, 3.63) is 39.1 Å². The molecule has 9 heteroatoms. The number of ether oxygens (including phenoxy) is 1. The number of aromatic nitrogens is 2. The summed E-state index contributed by atoms with van der Waals surface area (Å²) in [6.45, 7) is 0. The number of oxime groups is 1. The smallest absolute Gasteiger partial charge is 0.233 e. The number of nitrogens with two attached hydrogens (primary N) is 1. The van der Waals surface area contributed by atoms with E-state index in [9.17, 15) is 0 Å². The van der Waals surface area contributed by atoms with Gasteiger partial charge in [0.1, 0.15) is 24.8 Å². The van der Waals surface area contributed by atoms with Crippen LogP contribution in [0.25, 0.3) is 0 Å². The zero-order chi connectivity index (χ0) is 15.4. The van der Waals surface area contributed by atoms with E-state index >= 15 is 0 Å². The first kappa shape index (κ1) is 15.6. The first-order valence-electron chi connectivity index (χ1n) is 5.52. The lowest BCUT2D eigenvalue weighted by Crippen LogP contribution is -2.02. The van der Waals surface area contributed by atoms with E-state index in [-0.39, 0.29) is 27.5 Å². The van der Waals surface area contributed by atoms with E-state index in [4.69, 9.17) is 45.3 Å². The summed E-state index contributed by atoms with van der Waals surface area (Å²) in [7, 11) is 1.39. The van der Waals surface area contributed by atoms with Gasteiger partial charge in [-0.1, -0.05) is 40.0 Å². The molecule has 6 nitrogen and oxygen atoms in total. The highest BCUT2D eigenvalue weighted by Crippen LogP contribution is 2.39. The van der Waals surface area contributed by atoms with Crippen LogP contribution in [-0.4, -0.2) is 23.3 Å². The summed E-state index contributed by atoms with van der Waals surface area (Å²) in [6.07, 6.45) is 2.56. The zero-order valence-corrected chi connectivity index (χ0v) is 12.9. The fourth-order valence-electron chi connectivity index (χ4n) is 1.42. The van der Waals surface area contributed by atoms with Gasteiger partial charge >= 0.3 is 0 Å². The fraction of sp³-hybridized carbons (Fsp3) is 0.0833. The zero-order valence-electron chi connectivity index (χ0n) is 10.7. The largest absolute Gasteiger partial charge is 0.435 e. The molecule has 0 radical (unpaired) electrons. The minimum Gasteiger partial charge on any atom is -0.435 e. The third kappa shape index (κ3) is 3.66. The van der Waals surface area contributed by atoms with Gasteiger partial charge in [-0.25, -0.2) is 9.97 Å². The number of benzene rings is 1. The summed E-state index contributed by atoms with van der Waals surface area (Å²) in [5.41, 5.74) is 6.09. The molecule has 0 bridgehead atoms. The Bertz CT molecular complexity index is 671. The van der Waals surface area contributed by atoms with E-state index in [0.717, 1.165) is 0 Å². The predicted molar refractivity (Wildman–Crippen MR) is 82.6 cm³/mol. The second-order valence-corrected chi connectivity index (χ2v) is 4.95. The number of hydrogen-bond donors (Lipinski definition) is 1. The summed E-state index contributed by atoms with van der Waals surface area (Å²) in [5.74, 6) is 0.504. The molecule has 0 amide bonds. The van der Waals surface area contributed by atoms with E-state index < -0.39 is 0 Å². The van der Waals surface area contributed by atoms with Crippen LogP contribution in [0, 0.1) is 0 Å². The highest BCUT2D eigenvalue weighted by Gasteiger charge is 2.15. The van der Waals surface area contributed by atoms with Gasteiger partial charge in [0.05, 0.1) is 16.3 Å². The summed E-state index contributed by atoms with van der Waals surface area (Å²) in [6, 6.07) is 3.00. The van der Waals surface area contributed by atoms with Crippen LogP contribution < -0.4 is 10.5 Å². The van der Waals surface area contributed by atoms with E-state index in [1.54, 1.807) is 0 Å². The van der Waals surface area contributed by atoms with Gasteiger partial charge in [0, 0.05) is 5.02 Å². The van der Waals surface area contributed by atoms with Gasteiger partial charge in [0.2, 0.25) is 5.88 Å². The van der Waals surface area contributed by atoms with Crippen molar-refractivity contribution in [2.45, 2.75) is 0 Å². The molecule has 0 fully saturated rings. The molecule has 21 heavy (non-hydrogen) atoms. The summed E-state index contributed by atoms with van der Waals surface area (Å²) >= 11 is 18.0. The van der Waals surface area contributed by atoms with Crippen LogP contribution >= 0.6 is 34.8 Å². The Morgan fingerprint density at radius 1 is 1.19 bits per heavy atom. The Morgan fingerprint density at radius 2 is 1.86 bits per heavy atom. The maximum Gasteiger partial charge on any atom is 0.233 e. The van der Waals surface area contributed by atoms with Crippen LogP contribution in [0.1, 0.15) is 5.56 Å². The van der Waals surface area contributed by atoms with Gasteiger partial charge in [0.15, 0.2) is 5.75 Å².